The van der Waals surface area contributed by atoms with E-state index in [0.29, 0.717) is 6.54 Å². The molecule has 1 aliphatic rings. The summed E-state index contributed by atoms with van der Waals surface area (Å²) in [4.78, 5) is 0. The van der Waals surface area contributed by atoms with Crippen molar-refractivity contribution >= 4 is 24.8 Å². The molecule has 1 aliphatic carbocycles. The van der Waals surface area contributed by atoms with E-state index in [4.69, 9.17) is 11.5 Å². The molecule has 1 saturated carbocycles. The van der Waals surface area contributed by atoms with Crippen LogP contribution in [-0.2, 0) is 0 Å². The molecule has 0 radical (unpaired) electrons. The van der Waals surface area contributed by atoms with Crippen LogP contribution in [0, 0.1) is 0 Å². The minimum absolute atomic E-state index is 0. The molecule has 2 nitrogen and oxygen atoms in total. The highest BCUT2D eigenvalue weighted by atomic mass is 35.5. The summed E-state index contributed by atoms with van der Waals surface area (Å²) in [5.41, 5.74) is 11.4. The summed E-state index contributed by atoms with van der Waals surface area (Å²) < 4.78 is 0. The average Bonchev–Trinajstić information content (AvgIpc) is 1.90. The topological polar surface area (TPSA) is 52.0 Å². The number of nitrogens with two attached hydrogens (primary N) is 2. The SMILES string of the molecule is Cl.Cl.NCC1(N)CCCCC1. The number of rotatable bonds is 1. The first-order valence-corrected chi connectivity index (χ1v) is 3.76. The van der Waals surface area contributed by atoms with Gasteiger partial charge in [-0.2, -0.15) is 0 Å². The van der Waals surface area contributed by atoms with E-state index < -0.39 is 0 Å². The molecule has 4 N–H and O–H groups in total. The molecule has 0 bridgehead atoms. The third-order valence-corrected chi connectivity index (χ3v) is 2.26. The van der Waals surface area contributed by atoms with Gasteiger partial charge in [0.15, 0.2) is 0 Å². The summed E-state index contributed by atoms with van der Waals surface area (Å²) in [5.74, 6) is 0. The molecule has 0 aliphatic heterocycles. The van der Waals surface area contributed by atoms with Gasteiger partial charge in [0, 0.05) is 12.1 Å². The highest BCUT2D eigenvalue weighted by Crippen LogP contribution is 2.24. The van der Waals surface area contributed by atoms with Crippen molar-refractivity contribution in [3.05, 3.63) is 0 Å². The predicted octanol–water partition coefficient (Wildman–Crippen LogP) is 1.45. The Balaban J connectivity index is 0. The smallest absolute Gasteiger partial charge is 0.0278 e. The Hall–Kier alpha value is 0.500. The van der Waals surface area contributed by atoms with E-state index in [1.165, 1.54) is 19.3 Å². The molecule has 0 amide bonds. The lowest BCUT2D eigenvalue weighted by atomic mass is 9.83. The molecule has 0 unspecified atom stereocenters. The second-order valence-corrected chi connectivity index (χ2v) is 3.13. The zero-order valence-corrected chi connectivity index (χ0v) is 8.35. The summed E-state index contributed by atoms with van der Waals surface area (Å²) in [6.45, 7) is 0.660. The molecule has 0 heterocycles. The van der Waals surface area contributed by atoms with Gasteiger partial charge >= 0.3 is 0 Å². The van der Waals surface area contributed by atoms with E-state index in [-0.39, 0.29) is 30.4 Å². The fourth-order valence-electron chi connectivity index (χ4n) is 1.46. The molecule has 1 fully saturated rings. The monoisotopic (exact) mass is 200 g/mol. The van der Waals surface area contributed by atoms with Gasteiger partial charge in [-0.3, -0.25) is 0 Å². The zero-order chi connectivity index (χ0) is 6.74. The minimum atomic E-state index is -0.00174. The van der Waals surface area contributed by atoms with E-state index >= 15 is 0 Å². The standard InChI is InChI=1S/C7H16N2.2ClH/c8-6-7(9)4-2-1-3-5-7;;/h1-6,8-9H2;2*1H. The molecule has 0 saturated heterocycles. The molecule has 0 aromatic heterocycles. The Kier molecular flexibility index (Phi) is 7.75. The van der Waals surface area contributed by atoms with Crippen molar-refractivity contribution in [2.45, 2.75) is 37.6 Å². The summed E-state index contributed by atoms with van der Waals surface area (Å²) in [6, 6.07) is 0. The highest BCUT2D eigenvalue weighted by Gasteiger charge is 2.24. The van der Waals surface area contributed by atoms with Crippen molar-refractivity contribution in [3.8, 4) is 0 Å². The first-order valence-electron chi connectivity index (χ1n) is 3.76. The molecule has 0 aromatic rings. The molecular formula is C7H18Cl2N2. The lowest BCUT2D eigenvalue weighted by Gasteiger charge is -2.31. The maximum atomic E-state index is 5.93. The molecule has 0 spiro atoms. The van der Waals surface area contributed by atoms with Crippen LogP contribution in [0.4, 0.5) is 0 Å². The van der Waals surface area contributed by atoms with Gasteiger partial charge in [-0.1, -0.05) is 19.3 Å². The summed E-state index contributed by atoms with van der Waals surface area (Å²) in [6.07, 6.45) is 6.15. The van der Waals surface area contributed by atoms with Crippen LogP contribution in [0.5, 0.6) is 0 Å². The van der Waals surface area contributed by atoms with Gasteiger partial charge in [0.05, 0.1) is 0 Å². The van der Waals surface area contributed by atoms with Crippen LogP contribution in [-0.4, -0.2) is 12.1 Å². The largest absolute Gasteiger partial charge is 0.329 e. The van der Waals surface area contributed by atoms with Crippen molar-refractivity contribution in [2.75, 3.05) is 6.54 Å². The minimum Gasteiger partial charge on any atom is -0.329 e. The normalized spacial score (nSPS) is 21.3. The third kappa shape index (κ3) is 4.16. The molecule has 1 rings (SSSR count). The number of halogens is 2. The van der Waals surface area contributed by atoms with Gasteiger partial charge in [0.2, 0.25) is 0 Å². The van der Waals surface area contributed by atoms with Crippen LogP contribution >= 0.6 is 24.8 Å². The lowest BCUT2D eigenvalue weighted by molar-refractivity contribution is 0.304. The molecule has 70 valence electrons. The van der Waals surface area contributed by atoms with Crippen molar-refractivity contribution in [1.29, 1.82) is 0 Å². The first-order chi connectivity index (χ1) is 4.27. The van der Waals surface area contributed by atoms with E-state index in [9.17, 15) is 0 Å². The number of hydrogen-bond donors (Lipinski definition) is 2. The Morgan fingerprint density at radius 1 is 1.00 bits per heavy atom. The number of hydrogen-bond acceptors (Lipinski definition) is 2. The van der Waals surface area contributed by atoms with Crippen molar-refractivity contribution in [3.63, 3.8) is 0 Å². The Bertz CT molecular complexity index is 92.4. The quantitative estimate of drug-likeness (QED) is 0.674. The third-order valence-electron chi connectivity index (χ3n) is 2.26. The fourth-order valence-corrected chi connectivity index (χ4v) is 1.46. The molecule has 0 aromatic carbocycles. The predicted molar refractivity (Wildman–Crippen MR) is 53.6 cm³/mol. The Labute approximate surface area is 80.9 Å². The Morgan fingerprint density at radius 3 is 1.73 bits per heavy atom. The summed E-state index contributed by atoms with van der Waals surface area (Å²) in [7, 11) is 0. The van der Waals surface area contributed by atoms with Gasteiger partial charge < -0.3 is 11.5 Å². The average molecular weight is 201 g/mol. The maximum Gasteiger partial charge on any atom is 0.0278 e. The summed E-state index contributed by atoms with van der Waals surface area (Å²) >= 11 is 0. The van der Waals surface area contributed by atoms with Crippen LogP contribution in [0.15, 0.2) is 0 Å². The fraction of sp³-hybridized carbons (Fsp3) is 1.00. The molecule has 4 heteroatoms. The van der Waals surface area contributed by atoms with E-state index in [1.807, 2.05) is 0 Å². The van der Waals surface area contributed by atoms with Crippen LogP contribution in [0.25, 0.3) is 0 Å². The van der Waals surface area contributed by atoms with Gasteiger partial charge in [-0.05, 0) is 12.8 Å². The van der Waals surface area contributed by atoms with Gasteiger partial charge in [-0.15, -0.1) is 24.8 Å². The van der Waals surface area contributed by atoms with Crippen molar-refractivity contribution in [1.82, 2.24) is 0 Å². The van der Waals surface area contributed by atoms with E-state index in [2.05, 4.69) is 0 Å². The van der Waals surface area contributed by atoms with Crippen LogP contribution in [0.1, 0.15) is 32.1 Å². The van der Waals surface area contributed by atoms with E-state index in [1.54, 1.807) is 0 Å². The molecular weight excluding hydrogens is 183 g/mol. The van der Waals surface area contributed by atoms with Gasteiger partial charge in [0.25, 0.3) is 0 Å². The maximum absolute atomic E-state index is 5.93. The van der Waals surface area contributed by atoms with Gasteiger partial charge in [-0.25, -0.2) is 0 Å². The van der Waals surface area contributed by atoms with Gasteiger partial charge in [0.1, 0.15) is 0 Å². The van der Waals surface area contributed by atoms with E-state index in [0.717, 1.165) is 12.8 Å². The molecule has 0 atom stereocenters. The second kappa shape index (κ2) is 6.06. The highest BCUT2D eigenvalue weighted by molar-refractivity contribution is 5.85. The van der Waals surface area contributed by atoms with Crippen LogP contribution in [0.3, 0.4) is 0 Å². The lowest BCUT2D eigenvalue weighted by Crippen LogP contribution is -2.48. The van der Waals surface area contributed by atoms with Crippen molar-refractivity contribution in [2.24, 2.45) is 11.5 Å². The van der Waals surface area contributed by atoms with Crippen molar-refractivity contribution < 1.29 is 0 Å². The van der Waals surface area contributed by atoms with Crippen LogP contribution in [0.2, 0.25) is 0 Å². The zero-order valence-electron chi connectivity index (χ0n) is 6.71. The van der Waals surface area contributed by atoms with Crippen LogP contribution < -0.4 is 11.5 Å². The summed E-state index contributed by atoms with van der Waals surface area (Å²) in [5, 5.41) is 0. The second-order valence-electron chi connectivity index (χ2n) is 3.13. The molecule has 11 heavy (non-hydrogen) atoms. The first kappa shape index (κ1) is 14.0. The Morgan fingerprint density at radius 2 is 1.45 bits per heavy atom.